The minimum Gasteiger partial charge on any atom is -0.460 e. The molecular weight excluding hydrogens is 321 g/mol. The second-order valence-electron chi connectivity index (χ2n) is 5.69. The van der Waals surface area contributed by atoms with E-state index in [1.165, 1.54) is 16.8 Å². The molecular formula is C19H20FN3O2. The number of hydrogen-bond acceptors (Lipinski definition) is 3. The van der Waals surface area contributed by atoms with Gasteiger partial charge in [0.05, 0.1) is 5.69 Å². The molecule has 0 spiro atoms. The molecule has 0 aliphatic heterocycles. The molecule has 0 bridgehead atoms. The average Bonchev–Trinajstić information content (AvgIpc) is 3.23. The molecule has 1 amide bonds. The van der Waals surface area contributed by atoms with E-state index in [9.17, 15) is 9.18 Å². The molecule has 3 rings (SSSR count). The van der Waals surface area contributed by atoms with Gasteiger partial charge in [0.15, 0.2) is 5.76 Å². The van der Waals surface area contributed by atoms with Crippen molar-refractivity contribution >= 4 is 5.91 Å². The van der Waals surface area contributed by atoms with Crippen molar-refractivity contribution in [3.8, 4) is 17.1 Å². The lowest BCUT2D eigenvalue weighted by Gasteiger charge is -2.19. The van der Waals surface area contributed by atoms with Gasteiger partial charge in [0.25, 0.3) is 5.91 Å². The van der Waals surface area contributed by atoms with Crippen molar-refractivity contribution in [2.24, 2.45) is 0 Å². The maximum Gasteiger partial charge on any atom is 0.272 e. The number of aryl methyl sites for hydroxylation is 1. The Bertz CT molecular complexity index is 876. The molecule has 0 saturated carbocycles. The second kappa shape index (κ2) is 6.93. The Morgan fingerprint density at radius 2 is 1.84 bits per heavy atom. The lowest BCUT2D eigenvalue weighted by atomic mass is 10.2. The van der Waals surface area contributed by atoms with Gasteiger partial charge in [-0.05, 0) is 57.2 Å². The minimum absolute atomic E-state index is 0.128. The fraction of sp³-hybridized carbons (Fsp3) is 0.263. The fourth-order valence-electron chi connectivity index (χ4n) is 2.68. The molecule has 0 saturated heterocycles. The first-order valence-electron chi connectivity index (χ1n) is 8.25. The van der Waals surface area contributed by atoms with Crippen LogP contribution in [0.3, 0.4) is 0 Å². The Kier molecular flexibility index (Phi) is 4.70. The SMILES string of the molecule is CCN(CC)C(=O)c1cc(-c2ccc(C)o2)nn1-c1ccc(F)cc1. The lowest BCUT2D eigenvalue weighted by molar-refractivity contribution is 0.0764. The Balaban J connectivity index is 2.12. The van der Waals surface area contributed by atoms with Gasteiger partial charge in [0.2, 0.25) is 0 Å². The minimum atomic E-state index is -0.339. The standard InChI is InChI=1S/C19H20FN3O2/c1-4-22(5-2)19(24)17-12-16(18-11-6-13(3)25-18)21-23(17)15-9-7-14(20)8-10-15/h6-12H,4-5H2,1-3H3. The second-order valence-corrected chi connectivity index (χ2v) is 5.69. The van der Waals surface area contributed by atoms with Crippen molar-refractivity contribution in [3.05, 3.63) is 59.7 Å². The van der Waals surface area contributed by atoms with Crippen molar-refractivity contribution in [3.63, 3.8) is 0 Å². The number of hydrogen-bond donors (Lipinski definition) is 0. The maximum absolute atomic E-state index is 13.3. The van der Waals surface area contributed by atoms with E-state index in [2.05, 4.69) is 5.10 Å². The summed E-state index contributed by atoms with van der Waals surface area (Å²) in [5, 5.41) is 4.52. The van der Waals surface area contributed by atoms with Crippen LogP contribution in [0.2, 0.25) is 0 Å². The summed E-state index contributed by atoms with van der Waals surface area (Å²) in [6.45, 7) is 6.90. The number of carbonyl (C=O) groups is 1. The molecule has 0 radical (unpaired) electrons. The summed E-state index contributed by atoms with van der Waals surface area (Å²) in [6.07, 6.45) is 0. The van der Waals surface area contributed by atoms with E-state index in [1.54, 1.807) is 23.1 Å². The molecule has 1 aromatic carbocycles. The van der Waals surface area contributed by atoms with E-state index in [-0.39, 0.29) is 11.7 Å². The van der Waals surface area contributed by atoms with Crippen molar-refractivity contribution in [1.29, 1.82) is 0 Å². The molecule has 0 fully saturated rings. The molecule has 0 aliphatic rings. The monoisotopic (exact) mass is 341 g/mol. The maximum atomic E-state index is 13.3. The van der Waals surface area contributed by atoms with E-state index < -0.39 is 0 Å². The summed E-state index contributed by atoms with van der Waals surface area (Å²) in [5.74, 6) is 0.890. The Morgan fingerprint density at radius 3 is 2.40 bits per heavy atom. The highest BCUT2D eigenvalue weighted by atomic mass is 19.1. The fourth-order valence-corrected chi connectivity index (χ4v) is 2.68. The molecule has 0 atom stereocenters. The van der Waals surface area contributed by atoms with E-state index in [4.69, 9.17) is 4.42 Å². The molecule has 130 valence electrons. The van der Waals surface area contributed by atoms with Gasteiger partial charge in [0, 0.05) is 19.2 Å². The number of rotatable bonds is 5. The molecule has 6 heteroatoms. The Hall–Kier alpha value is -2.89. The van der Waals surface area contributed by atoms with E-state index in [0.717, 1.165) is 5.76 Å². The van der Waals surface area contributed by atoms with Crippen LogP contribution in [0.1, 0.15) is 30.1 Å². The van der Waals surface area contributed by atoms with Gasteiger partial charge < -0.3 is 9.32 Å². The number of aromatic nitrogens is 2. The third-order valence-electron chi connectivity index (χ3n) is 4.04. The van der Waals surface area contributed by atoms with Gasteiger partial charge in [-0.2, -0.15) is 5.10 Å². The van der Waals surface area contributed by atoms with Crippen LogP contribution in [0.5, 0.6) is 0 Å². The molecule has 2 aromatic heterocycles. The lowest BCUT2D eigenvalue weighted by Crippen LogP contribution is -2.32. The van der Waals surface area contributed by atoms with Gasteiger partial charge in [-0.3, -0.25) is 4.79 Å². The quantitative estimate of drug-likeness (QED) is 0.703. The summed E-state index contributed by atoms with van der Waals surface area (Å²) in [5.41, 5.74) is 1.60. The molecule has 25 heavy (non-hydrogen) atoms. The van der Waals surface area contributed by atoms with Crippen LogP contribution in [0.15, 0.2) is 46.9 Å². The van der Waals surface area contributed by atoms with Crippen LogP contribution in [-0.4, -0.2) is 33.7 Å². The smallest absolute Gasteiger partial charge is 0.272 e. The zero-order valence-corrected chi connectivity index (χ0v) is 14.5. The molecule has 3 aromatic rings. The highest BCUT2D eigenvalue weighted by Gasteiger charge is 2.22. The van der Waals surface area contributed by atoms with Crippen LogP contribution in [-0.2, 0) is 0 Å². The number of nitrogens with zero attached hydrogens (tertiary/aromatic N) is 3. The first kappa shape index (κ1) is 17.0. The molecule has 0 N–H and O–H groups in total. The molecule has 0 aliphatic carbocycles. The molecule has 2 heterocycles. The summed E-state index contributed by atoms with van der Waals surface area (Å²) >= 11 is 0. The topological polar surface area (TPSA) is 51.3 Å². The van der Waals surface area contributed by atoms with Crippen molar-refractivity contribution in [1.82, 2.24) is 14.7 Å². The summed E-state index contributed by atoms with van der Waals surface area (Å²) in [4.78, 5) is 14.6. The third-order valence-corrected chi connectivity index (χ3v) is 4.04. The summed E-state index contributed by atoms with van der Waals surface area (Å²) in [7, 11) is 0. The predicted octanol–water partition coefficient (Wildman–Crippen LogP) is 4.06. The summed E-state index contributed by atoms with van der Waals surface area (Å²) < 4.78 is 20.4. The van der Waals surface area contributed by atoms with Crippen LogP contribution in [0.25, 0.3) is 17.1 Å². The first-order valence-corrected chi connectivity index (χ1v) is 8.25. The van der Waals surface area contributed by atoms with Gasteiger partial charge in [-0.25, -0.2) is 9.07 Å². The molecule has 0 unspecified atom stereocenters. The van der Waals surface area contributed by atoms with Crippen molar-refractivity contribution < 1.29 is 13.6 Å². The van der Waals surface area contributed by atoms with Gasteiger partial charge in [0.1, 0.15) is 23.0 Å². The molecule has 5 nitrogen and oxygen atoms in total. The zero-order valence-electron chi connectivity index (χ0n) is 14.5. The number of furan rings is 1. The number of carbonyl (C=O) groups excluding carboxylic acids is 1. The van der Waals surface area contributed by atoms with E-state index >= 15 is 0 Å². The van der Waals surface area contributed by atoms with Crippen LogP contribution in [0.4, 0.5) is 4.39 Å². The van der Waals surface area contributed by atoms with Crippen molar-refractivity contribution in [2.75, 3.05) is 13.1 Å². The van der Waals surface area contributed by atoms with Gasteiger partial charge >= 0.3 is 0 Å². The van der Waals surface area contributed by atoms with Crippen LogP contribution >= 0.6 is 0 Å². The Labute approximate surface area is 145 Å². The highest BCUT2D eigenvalue weighted by molar-refractivity contribution is 5.94. The van der Waals surface area contributed by atoms with Crippen LogP contribution in [0, 0.1) is 12.7 Å². The normalized spacial score (nSPS) is 10.9. The number of benzene rings is 1. The Morgan fingerprint density at radius 1 is 1.16 bits per heavy atom. The third kappa shape index (κ3) is 3.33. The van der Waals surface area contributed by atoms with E-state index in [0.29, 0.717) is 35.9 Å². The van der Waals surface area contributed by atoms with Crippen molar-refractivity contribution in [2.45, 2.75) is 20.8 Å². The average molecular weight is 341 g/mol. The van der Waals surface area contributed by atoms with Gasteiger partial charge in [-0.1, -0.05) is 0 Å². The van der Waals surface area contributed by atoms with Crippen LogP contribution < -0.4 is 0 Å². The summed E-state index contributed by atoms with van der Waals surface area (Å²) in [6, 6.07) is 11.3. The predicted molar refractivity (Wildman–Crippen MR) is 93.2 cm³/mol. The highest BCUT2D eigenvalue weighted by Crippen LogP contribution is 2.24. The number of halogens is 1. The zero-order chi connectivity index (χ0) is 18.0. The first-order chi connectivity index (χ1) is 12.0. The number of amides is 1. The van der Waals surface area contributed by atoms with E-state index in [1.807, 2.05) is 32.9 Å². The largest absolute Gasteiger partial charge is 0.460 e. The van der Waals surface area contributed by atoms with Gasteiger partial charge in [-0.15, -0.1) is 0 Å².